The van der Waals surface area contributed by atoms with Crippen LogP contribution < -0.4 is 0 Å². The lowest BCUT2D eigenvalue weighted by Gasteiger charge is -2.31. The van der Waals surface area contributed by atoms with Gasteiger partial charge in [-0.1, -0.05) is 37.1 Å². The first-order valence-electron chi connectivity index (χ1n) is 6.62. The number of rotatable bonds is 2. The molecule has 0 aromatic rings. The number of hydrogen-bond donors (Lipinski definition) is 0. The van der Waals surface area contributed by atoms with E-state index in [9.17, 15) is 0 Å². The molecule has 2 fully saturated rings. The van der Waals surface area contributed by atoms with Crippen LogP contribution in [0.25, 0.3) is 0 Å². The minimum atomic E-state index is 0.818. The van der Waals surface area contributed by atoms with E-state index in [0.717, 1.165) is 11.8 Å². The van der Waals surface area contributed by atoms with E-state index in [-0.39, 0.29) is 0 Å². The maximum Gasteiger partial charge on any atom is -0.0200 e. The molecule has 2 rings (SSSR count). The molecule has 84 valence electrons. The van der Waals surface area contributed by atoms with Crippen molar-refractivity contribution >= 4 is 0 Å². The molecule has 0 aromatic heterocycles. The van der Waals surface area contributed by atoms with E-state index in [1.165, 1.54) is 68.9 Å². The molecule has 0 N–H and O–H groups in total. The molecule has 2 saturated carbocycles. The maximum absolute atomic E-state index is 4.26. The lowest BCUT2D eigenvalue weighted by atomic mass is 9.74. The smallest absolute Gasteiger partial charge is 0.0200 e. The fraction of sp³-hybridized carbons (Fsp3) is 0.733. The monoisotopic (exact) mass is 204 g/mol. The Labute approximate surface area is 94.5 Å². The first-order valence-corrected chi connectivity index (χ1v) is 6.62. The molecule has 0 spiro atoms. The minimum absolute atomic E-state index is 0.818. The van der Waals surface area contributed by atoms with Crippen LogP contribution in [0, 0.1) is 11.8 Å². The Morgan fingerprint density at radius 2 is 1.27 bits per heavy atom. The summed E-state index contributed by atoms with van der Waals surface area (Å²) in [5, 5.41) is 0. The Bertz CT molecular complexity index is 223. The Hall–Kier alpha value is -0.520. The van der Waals surface area contributed by atoms with E-state index in [2.05, 4.69) is 13.2 Å². The first-order chi connectivity index (χ1) is 7.27. The summed E-state index contributed by atoms with van der Waals surface area (Å²) in [7, 11) is 0. The van der Waals surface area contributed by atoms with Crippen LogP contribution in [0.4, 0.5) is 0 Å². The quantitative estimate of drug-likeness (QED) is 0.563. The Balaban J connectivity index is 1.89. The zero-order chi connectivity index (χ0) is 10.7. The second-order valence-electron chi connectivity index (χ2n) is 5.44. The molecule has 2 unspecified atom stereocenters. The van der Waals surface area contributed by atoms with E-state index < -0.39 is 0 Å². The summed E-state index contributed by atoms with van der Waals surface area (Å²) in [6.45, 7) is 8.51. The van der Waals surface area contributed by atoms with Gasteiger partial charge in [0.25, 0.3) is 0 Å². The van der Waals surface area contributed by atoms with E-state index in [1.807, 2.05) is 0 Å². The molecule has 0 bridgehead atoms. The SMILES string of the molecule is C=C1CCCCC1CC1CCCCC1=C. The van der Waals surface area contributed by atoms with E-state index in [1.54, 1.807) is 0 Å². The van der Waals surface area contributed by atoms with Gasteiger partial charge in [0.1, 0.15) is 0 Å². The van der Waals surface area contributed by atoms with Gasteiger partial charge in [-0.25, -0.2) is 0 Å². The molecule has 0 aromatic carbocycles. The molecule has 0 nitrogen and oxygen atoms in total. The molecule has 2 aliphatic carbocycles. The summed E-state index contributed by atoms with van der Waals surface area (Å²) in [6, 6.07) is 0. The average molecular weight is 204 g/mol. The number of allylic oxidation sites excluding steroid dienone is 2. The zero-order valence-corrected chi connectivity index (χ0v) is 9.93. The molecule has 15 heavy (non-hydrogen) atoms. The van der Waals surface area contributed by atoms with Gasteiger partial charge < -0.3 is 0 Å². The molecule has 0 heterocycles. The van der Waals surface area contributed by atoms with E-state index >= 15 is 0 Å². The standard InChI is InChI=1S/C15H24/c1-12-7-3-5-9-14(12)11-15-10-6-4-8-13(15)2/h14-15H,1-11H2. The van der Waals surface area contributed by atoms with Crippen molar-refractivity contribution in [3.63, 3.8) is 0 Å². The third kappa shape index (κ3) is 2.74. The maximum atomic E-state index is 4.26. The van der Waals surface area contributed by atoms with Crippen LogP contribution in [0.3, 0.4) is 0 Å². The van der Waals surface area contributed by atoms with Gasteiger partial charge in [0, 0.05) is 0 Å². The Morgan fingerprint density at radius 1 is 0.800 bits per heavy atom. The molecule has 0 aliphatic heterocycles. The summed E-state index contributed by atoms with van der Waals surface area (Å²) in [4.78, 5) is 0. The predicted molar refractivity (Wildman–Crippen MR) is 66.8 cm³/mol. The fourth-order valence-electron chi connectivity index (χ4n) is 3.21. The predicted octanol–water partition coefficient (Wildman–Crippen LogP) is 4.87. The molecule has 0 radical (unpaired) electrons. The molecule has 0 amide bonds. The number of hydrogen-bond acceptors (Lipinski definition) is 0. The van der Waals surface area contributed by atoms with Gasteiger partial charge in [-0.15, -0.1) is 0 Å². The molecule has 0 heteroatoms. The Morgan fingerprint density at radius 3 is 1.67 bits per heavy atom. The summed E-state index contributed by atoms with van der Waals surface area (Å²) >= 11 is 0. The van der Waals surface area contributed by atoms with Crippen molar-refractivity contribution in [3.05, 3.63) is 24.3 Å². The van der Waals surface area contributed by atoms with Gasteiger partial charge >= 0.3 is 0 Å². The molecule has 0 saturated heterocycles. The second kappa shape index (κ2) is 5.01. The highest BCUT2D eigenvalue weighted by atomic mass is 14.3. The highest BCUT2D eigenvalue weighted by molar-refractivity contribution is 5.09. The minimum Gasteiger partial charge on any atom is -0.0996 e. The van der Waals surface area contributed by atoms with Crippen molar-refractivity contribution in [1.29, 1.82) is 0 Å². The lowest BCUT2D eigenvalue weighted by Crippen LogP contribution is -2.17. The highest BCUT2D eigenvalue weighted by Crippen LogP contribution is 2.38. The zero-order valence-electron chi connectivity index (χ0n) is 9.93. The van der Waals surface area contributed by atoms with Crippen molar-refractivity contribution in [2.24, 2.45) is 11.8 Å². The van der Waals surface area contributed by atoms with Crippen LogP contribution in [-0.2, 0) is 0 Å². The summed E-state index contributed by atoms with van der Waals surface area (Å²) in [5.41, 5.74) is 3.05. The topological polar surface area (TPSA) is 0 Å². The van der Waals surface area contributed by atoms with Crippen molar-refractivity contribution < 1.29 is 0 Å². The van der Waals surface area contributed by atoms with E-state index in [0.29, 0.717) is 0 Å². The van der Waals surface area contributed by atoms with Gasteiger partial charge in [-0.3, -0.25) is 0 Å². The normalized spacial score (nSPS) is 33.1. The lowest BCUT2D eigenvalue weighted by molar-refractivity contribution is 0.337. The van der Waals surface area contributed by atoms with Gasteiger partial charge in [-0.05, 0) is 56.8 Å². The third-order valence-corrected chi connectivity index (χ3v) is 4.32. The van der Waals surface area contributed by atoms with Crippen LogP contribution in [-0.4, -0.2) is 0 Å². The highest BCUT2D eigenvalue weighted by Gasteiger charge is 2.24. The van der Waals surface area contributed by atoms with Gasteiger partial charge in [0.15, 0.2) is 0 Å². The molecule has 2 atom stereocenters. The van der Waals surface area contributed by atoms with Crippen LogP contribution in [0.15, 0.2) is 24.3 Å². The second-order valence-corrected chi connectivity index (χ2v) is 5.44. The summed E-state index contributed by atoms with van der Waals surface area (Å²) < 4.78 is 0. The van der Waals surface area contributed by atoms with Gasteiger partial charge in [0.2, 0.25) is 0 Å². The van der Waals surface area contributed by atoms with Crippen LogP contribution in [0.2, 0.25) is 0 Å². The van der Waals surface area contributed by atoms with Crippen LogP contribution >= 0.6 is 0 Å². The van der Waals surface area contributed by atoms with Crippen LogP contribution in [0.1, 0.15) is 57.8 Å². The van der Waals surface area contributed by atoms with Gasteiger partial charge in [0.05, 0.1) is 0 Å². The van der Waals surface area contributed by atoms with Crippen molar-refractivity contribution in [3.8, 4) is 0 Å². The molecule has 2 aliphatic rings. The van der Waals surface area contributed by atoms with Crippen LogP contribution in [0.5, 0.6) is 0 Å². The van der Waals surface area contributed by atoms with Crippen molar-refractivity contribution in [1.82, 2.24) is 0 Å². The summed E-state index contributed by atoms with van der Waals surface area (Å²) in [6.07, 6.45) is 12.3. The van der Waals surface area contributed by atoms with Gasteiger partial charge in [-0.2, -0.15) is 0 Å². The molecular weight excluding hydrogens is 180 g/mol. The average Bonchev–Trinajstić information content (AvgIpc) is 2.24. The van der Waals surface area contributed by atoms with Crippen molar-refractivity contribution in [2.45, 2.75) is 57.8 Å². The fourth-order valence-corrected chi connectivity index (χ4v) is 3.21. The summed E-state index contributed by atoms with van der Waals surface area (Å²) in [5.74, 6) is 1.64. The first kappa shape index (κ1) is 11.0. The van der Waals surface area contributed by atoms with E-state index in [4.69, 9.17) is 0 Å². The van der Waals surface area contributed by atoms with Crippen molar-refractivity contribution in [2.75, 3.05) is 0 Å². The Kier molecular flexibility index (Phi) is 3.66. The molecular formula is C15H24. The third-order valence-electron chi connectivity index (χ3n) is 4.32. The largest absolute Gasteiger partial charge is 0.0996 e.